The van der Waals surface area contributed by atoms with E-state index >= 15 is 0 Å². The van der Waals surface area contributed by atoms with Crippen LogP contribution >= 0.6 is 15.9 Å². The molecule has 0 aromatic carbocycles. The number of nitrogens with zero attached hydrogens (tertiary/aromatic N) is 1. The second-order valence-electron chi connectivity index (χ2n) is 7.00. The van der Waals surface area contributed by atoms with Crippen LogP contribution in [0.2, 0.25) is 0 Å². The highest BCUT2D eigenvalue weighted by Crippen LogP contribution is 2.31. The standard InChI is InChI=1S/C17H30BrNO2/c1-13(2)16(18)17(20)21-19(14-9-5-3-6-10-14)15-11-7-4-8-12-15/h13-16H,3-12H2,1-2H3/t16-/m1/s1. The van der Waals surface area contributed by atoms with Crippen LogP contribution in [0.1, 0.15) is 78.1 Å². The van der Waals surface area contributed by atoms with Gasteiger partial charge in [0.15, 0.2) is 0 Å². The Morgan fingerprint density at radius 1 is 0.952 bits per heavy atom. The van der Waals surface area contributed by atoms with Crippen molar-refractivity contribution >= 4 is 21.9 Å². The minimum absolute atomic E-state index is 0.110. The highest BCUT2D eigenvalue weighted by Gasteiger charge is 2.33. The fourth-order valence-electron chi connectivity index (χ4n) is 3.54. The van der Waals surface area contributed by atoms with Crippen molar-refractivity contribution in [1.82, 2.24) is 5.06 Å². The molecule has 1 atom stereocenters. The Hall–Kier alpha value is -0.0900. The van der Waals surface area contributed by atoms with Crippen LogP contribution in [0.5, 0.6) is 0 Å². The number of halogens is 1. The van der Waals surface area contributed by atoms with Crippen molar-refractivity contribution in [1.29, 1.82) is 0 Å². The summed E-state index contributed by atoms with van der Waals surface area (Å²) < 4.78 is 0. The average molecular weight is 360 g/mol. The zero-order valence-electron chi connectivity index (χ0n) is 13.5. The molecular formula is C17H30BrNO2. The zero-order chi connectivity index (χ0) is 15.2. The third kappa shape index (κ3) is 4.95. The Balaban J connectivity index is 2.01. The Morgan fingerprint density at radius 3 is 1.76 bits per heavy atom. The largest absolute Gasteiger partial charge is 0.366 e. The van der Waals surface area contributed by atoms with E-state index in [1.807, 2.05) is 13.8 Å². The van der Waals surface area contributed by atoms with E-state index in [-0.39, 0.29) is 16.7 Å². The number of rotatable bonds is 5. The predicted octanol–water partition coefficient (Wildman–Crippen LogP) is 4.83. The molecule has 0 radical (unpaired) electrons. The topological polar surface area (TPSA) is 29.5 Å². The van der Waals surface area contributed by atoms with E-state index in [4.69, 9.17) is 4.84 Å². The summed E-state index contributed by atoms with van der Waals surface area (Å²) in [5.41, 5.74) is 0. The van der Waals surface area contributed by atoms with Crippen molar-refractivity contribution in [3.63, 3.8) is 0 Å². The van der Waals surface area contributed by atoms with Crippen molar-refractivity contribution < 1.29 is 9.63 Å². The van der Waals surface area contributed by atoms with E-state index in [0.717, 1.165) is 0 Å². The maximum Gasteiger partial charge on any atom is 0.338 e. The van der Waals surface area contributed by atoms with Gasteiger partial charge >= 0.3 is 5.97 Å². The minimum atomic E-state index is -0.202. The normalized spacial score (nSPS) is 23.5. The Morgan fingerprint density at radius 2 is 1.38 bits per heavy atom. The summed E-state index contributed by atoms with van der Waals surface area (Å²) in [7, 11) is 0. The van der Waals surface area contributed by atoms with Crippen molar-refractivity contribution in [2.45, 2.75) is 95.0 Å². The van der Waals surface area contributed by atoms with Gasteiger partial charge in [0.25, 0.3) is 0 Å². The lowest BCUT2D eigenvalue weighted by Gasteiger charge is -2.40. The van der Waals surface area contributed by atoms with Gasteiger partial charge in [0.1, 0.15) is 4.83 Å². The predicted molar refractivity (Wildman–Crippen MR) is 89.2 cm³/mol. The van der Waals surface area contributed by atoms with Gasteiger partial charge in [-0.05, 0) is 31.6 Å². The second kappa shape index (κ2) is 8.52. The average Bonchev–Trinajstić information content (AvgIpc) is 2.53. The summed E-state index contributed by atoms with van der Waals surface area (Å²) in [5.74, 6) is 0.151. The number of hydrogen-bond donors (Lipinski definition) is 0. The molecule has 0 saturated heterocycles. The van der Waals surface area contributed by atoms with Crippen molar-refractivity contribution in [2.24, 2.45) is 5.92 Å². The first-order valence-electron chi connectivity index (χ1n) is 8.74. The van der Waals surface area contributed by atoms with Crippen LogP contribution in [0, 0.1) is 5.92 Å². The number of carbonyl (C=O) groups is 1. The Labute approximate surface area is 137 Å². The molecule has 2 aliphatic carbocycles. The lowest BCUT2D eigenvalue weighted by atomic mass is 9.90. The van der Waals surface area contributed by atoms with Crippen LogP contribution in [0.3, 0.4) is 0 Å². The molecule has 4 heteroatoms. The summed E-state index contributed by atoms with van der Waals surface area (Å²) in [6.07, 6.45) is 12.5. The van der Waals surface area contributed by atoms with Gasteiger partial charge in [0.2, 0.25) is 0 Å². The Bertz CT molecular complexity index is 305. The molecule has 2 fully saturated rings. The molecule has 2 aliphatic rings. The second-order valence-corrected chi connectivity index (χ2v) is 7.99. The quantitative estimate of drug-likeness (QED) is 0.519. The monoisotopic (exact) mass is 359 g/mol. The van der Waals surface area contributed by atoms with Crippen molar-refractivity contribution in [2.75, 3.05) is 0 Å². The third-order valence-electron chi connectivity index (χ3n) is 4.88. The molecule has 21 heavy (non-hydrogen) atoms. The van der Waals surface area contributed by atoms with Crippen molar-refractivity contribution in [3.05, 3.63) is 0 Å². The molecule has 0 unspecified atom stereocenters. The van der Waals surface area contributed by atoms with E-state index in [2.05, 4.69) is 21.0 Å². The van der Waals surface area contributed by atoms with Gasteiger partial charge in [-0.15, -0.1) is 5.06 Å². The summed E-state index contributed by atoms with van der Waals surface area (Å²) in [5, 5.41) is 2.11. The highest BCUT2D eigenvalue weighted by atomic mass is 79.9. The highest BCUT2D eigenvalue weighted by molar-refractivity contribution is 9.10. The molecule has 2 saturated carbocycles. The maximum absolute atomic E-state index is 12.4. The molecule has 3 nitrogen and oxygen atoms in total. The fraction of sp³-hybridized carbons (Fsp3) is 0.941. The lowest BCUT2D eigenvalue weighted by Crippen LogP contribution is -2.47. The van der Waals surface area contributed by atoms with E-state index < -0.39 is 0 Å². The molecule has 2 rings (SSSR count). The fourth-order valence-corrected chi connectivity index (χ4v) is 3.63. The minimum Gasteiger partial charge on any atom is -0.366 e. The third-order valence-corrected chi connectivity index (χ3v) is 6.31. The van der Waals surface area contributed by atoms with E-state index in [1.165, 1.54) is 64.2 Å². The molecule has 0 aliphatic heterocycles. The molecule has 0 spiro atoms. The lowest BCUT2D eigenvalue weighted by molar-refractivity contribution is -0.222. The zero-order valence-corrected chi connectivity index (χ0v) is 15.1. The molecule has 0 heterocycles. The van der Waals surface area contributed by atoms with Crippen LogP contribution in [0.4, 0.5) is 0 Å². The van der Waals surface area contributed by atoms with Gasteiger partial charge in [0.05, 0.1) is 0 Å². The van der Waals surface area contributed by atoms with Crippen LogP contribution < -0.4 is 0 Å². The molecule has 0 aromatic rings. The molecule has 0 bridgehead atoms. The number of alkyl halides is 1. The first-order valence-corrected chi connectivity index (χ1v) is 9.65. The summed E-state index contributed by atoms with van der Waals surface area (Å²) in [6.45, 7) is 4.10. The van der Waals surface area contributed by atoms with Crippen molar-refractivity contribution in [3.8, 4) is 0 Å². The molecule has 0 N–H and O–H groups in total. The van der Waals surface area contributed by atoms with Crippen LogP contribution in [-0.4, -0.2) is 27.9 Å². The first-order chi connectivity index (χ1) is 10.1. The molecule has 0 aromatic heterocycles. The molecule has 122 valence electrons. The van der Waals surface area contributed by atoms with Crippen LogP contribution in [-0.2, 0) is 9.63 Å². The summed E-state index contributed by atoms with van der Waals surface area (Å²) >= 11 is 3.48. The molecule has 0 amide bonds. The van der Waals surface area contributed by atoms with E-state index in [9.17, 15) is 4.79 Å². The maximum atomic E-state index is 12.4. The smallest absolute Gasteiger partial charge is 0.338 e. The number of hydroxylamine groups is 2. The Kier molecular flexibility index (Phi) is 7.00. The first kappa shape index (κ1) is 17.3. The van der Waals surface area contributed by atoms with Crippen LogP contribution in [0.15, 0.2) is 0 Å². The summed E-state index contributed by atoms with van der Waals surface area (Å²) in [6, 6.07) is 0.885. The van der Waals surface area contributed by atoms with Gasteiger partial charge < -0.3 is 4.84 Å². The van der Waals surface area contributed by atoms with E-state index in [0.29, 0.717) is 12.1 Å². The van der Waals surface area contributed by atoms with Gasteiger partial charge in [-0.1, -0.05) is 68.3 Å². The van der Waals surface area contributed by atoms with E-state index in [1.54, 1.807) is 0 Å². The number of carbonyl (C=O) groups excluding carboxylic acids is 1. The van der Waals surface area contributed by atoms with Gasteiger partial charge in [-0.3, -0.25) is 0 Å². The van der Waals surface area contributed by atoms with Crippen LogP contribution in [0.25, 0.3) is 0 Å². The SMILES string of the molecule is CC(C)[C@@H](Br)C(=O)ON(C1CCCCC1)C1CCCCC1. The van der Waals surface area contributed by atoms with Gasteiger partial charge in [0, 0.05) is 12.1 Å². The summed E-state index contributed by atoms with van der Waals surface area (Å²) in [4.78, 5) is 18.1. The number of hydrogen-bond acceptors (Lipinski definition) is 3. The molecular weight excluding hydrogens is 330 g/mol. The van der Waals surface area contributed by atoms with Gasteiger partial charge in [-0.25, -0.2) is 4.79 Å². The van der Waals surface area contributed by atoms with Gasteiger partial charge in [-0.2, -0.15) is 0 Å².